The van der Waals surface area contributed by atoms with E-state index in [4.69, 9.17) is 9.72 Å². The summed E-state index contributed by atoms with van der Waals surface area (Å²) in [7, 11) is 0. The van der Waals surface area contributed by atoms with Crippen molar-refractivity contribution in [1.82, 2.24) is 19.7 Å². The number of morpholine rings is 1. The fourth-order valence-corrected chi connectivity index (χ4v) is 6.11. The predicted molar refractivity (Wildman–Crippen MR) is 136 cm³/mol. The first kappa shape index (κ1) is 24.2. The Morgan fingerprint density at radius 1 is 1.14 bits per heavy atom. The van der Waals surface area contributed by atoms with Gasteiger partial charge in [-0.15, -0.1) is 0 Å². The van der Waals surface area contributed by atoms with Gasteiger partial charge in [0.1, 0.15) is 11.3 Å². The van der Waals surface area contributed by atoms with Gasteiger partial charge in [0.25, 0.3) is 12.3 Å². The number of nitrogens with one attached hydrogen (secondary N) is 1. The van der Waals surface area contributed by atoms with Gasteiger partial charge in [-0.1, -0.05) is 13.8 Å². The SMILES string of the molecule is CC(C)C1CCC(n2cc(NC(=O)c3ccnc4ccc(N5C[C@@H]6C[C@H]5CO6)nc34)c(C(F)F)n2)CC1. The van der Waals surface area contributed by atoms with Gasteiger partial charge in [-0.25, -0.2) is 13.8 Å². The summed E-state index contributed by atoms with van der Waals surface area (Å²) in [5, 5.41) is 6.91. The van der Waals surface area contributed by atoms with E-state index >= 15 is 0 Å². The van der Waals surface area contributed by atoms with Crippen molar-refractivity contribution in [3.05, 3.63) is 41.9 Å². The number of pyridine rings is 2. The highest BCUT2D eigenvalue weighted by Crippen LogP contribution is 2.37. The normalized spacial score (nSPS) is 25.5. The first-order valence-corrected chi connectivity index (χ1v) is 13.2. The Morgan fingerprint density at radius 2 is 1.95 bits per heavy atom. The Hall–Kier alpha value is -3.14. The van der Waals surface area contributed by atoms with Gasteiger partial charge < -0.3 is 15.0 Å². The lowest BCUT2D eigenvalue weighted by Gasteiger charge is -2.30. The molecule has 10 heteroatoms. The van der Waals surface area contributed by atoms with Gasteiger partial charge in [-0.2, -0.15) is 5.10 Å². The van der Waals surface area contributed by atoms with Crippen molar-refractivity contribution in [2.75, 3.05) is 23.4 Å². The number of carbonyl (C=O) groups excluding carboxylic acids is 1. The molecule has 1 aliphatic carbocycles. The van der Waals surface area contributed by atoms with Gasteiger partial charge in [0, 0.05) is 18.9 Å². The molecule has 3 aromatic rings. The minimum atomic E-state index is -2.80. The van der Waals surface area contributed by atoms with Crippen molar-refractivity contribution in [1.29, 1.82) is 0 Å². The molecule has 1 N–H and O–H groups in total. The summed E-state index contributed by atoms with van der Waals surface area (Å²) >= 11 is 0. The van der Waals surface area contributed by atoms with Crippen LogP contribution >= 0.6 is 0 Å². The van der Waals surface area contributed by atoms with Crippen LogP contribution in [0, 0.1) is 11.8 Å². The van der Waals surface area contributed by atoms with Crippen molar-refractivity contribution < 1.29 is 18.3 Å². The number of anilines is 2. The Labute approximate surface area is 214 Å². The maximum Gasteiger partial charge on any atom is 0.284 e. The molecular weight excluding hydrogens is 478 g/mol. The number of hydrogen-bond acceptors (Lipinski definition) is 6. The highest BCUT2D eigenvalue weighted by molar-refractivity contribution is 6.11. The van der Waals surface area contributed by atoms with Crippen LogP contribution in [0.5, 0.6) is 0 Å². The van der Waals surface area contributed by atoms with E-state index in [1.165, 1.54) is 6.20 Å². The van der Waals surface area contributed by atoms with Crippen LogP contribution in [-0.4, -0.2) is 51.0 Å². The maximum absolute atomic E-state index is 13.9. The molecule has 3 aliphatic rings. The van der Waals surface area contributed by atoms with Crippen LogP contribution in [0.1, 0.15) is 74.5 Å². The standard InChI is InChI=1S/C27H32F2N6O2/c1-15(2)16-3-5-17(6-4-16)35-13-22(25(33-35)26(28)29)31-27(36)20-9-10-30-21-7-8-23(32-24(20)21)34-12-19-11-18(34)14-37-19/h7-10,13,15-19,26H,3-6,11-12,14H2,1-2H3,(H,31,36)/t16?,17?,18-,19-/m0/s1. The van der Waals surface area contributed by atoms with Gasteiger partial charge in [-0.3, -0.25) is 14.5 Å². The molecular formula is C27H32F2N6O2. The smallest absolute Gasteiger partial charge is 0.284 e. The van der Waals surface area contributed by atoms with E-state index in [0.717, 1.165) is 44.5 Å². The molecule has 1 amide bonds. The molecule has 2 atom stereocenters. The minimum Gasteiger partial charge on any atom is -0.374 e. The molecule has 8 nitrogen and oxygen atoms in total. The fourth-order valence-electron chi connectivity index (χ4n) is 6.11. The van der Waals surface area contributed by atoms with Gasteiger partial charge >= 0.3 is 0 Å². The Kier molecular flexibility index (Phi) is 6.30. The van der Waals surface area contributed by atoms with E-state index < -0.39 is 18.0 Å². The van der Waals surface area contributed by atoms with Crippen LogP contribution in [0.2, 0.25) is 0 Å². The van der Waals surface area contributed by atoms with E-state index in [1.54, 1.807) is 16.9 Å². The van der Waals surface area contributed by atoms with E-state index in [2.05, 4.69) is 34.1 Å². The zero-order valence-electron chi connectivity index (χ0n) is 21.1. The highest BCUT2D eigenvalue weighted by atomic mass is 19.3. The second-order valence-corrected chi connectivity index (χ2v) is 10.9. The summed E-state index contributed by atoms with van der Waals surface area (Å²) in [4.78, 5) is 24.7. The third-order valence-electron chi connectivity index (χ3n) is 8.28. The molecule has 2 bridgehead atoms. The summed E-state index contributed by atoms with van der Waals surface area (Å²) in [6, 6.07) is 5.66. The Balaban J connectivity index is 1.25. The molecule has 2 aliphatic heterocycles. The highest BCUT2D eigenvalue weighted by Gasteiger charge is 2.39. The van der Waals surface area contributed by atoms with Crippen molar-refractivity contribution in [3.8, 4) is 0 Å². The van der Waals surface area contributed by atoms with Crippen LogP contribution < -0.4 is 10.2 Å². The number of ether oxygens (including phenoxy) is 1. The number of nitrogens with zero attached hydrogens (tertiary/aromatic N) is 5. The van der Waals surface area contributed by atoms with E-state index in [9.17, 15) is 13.6 Å². The number of rotatable bonds is 6. The zero-order valence-corrected chi connectivity index (χ0v) is 21.1. The summed E-state index contributed by atoms with van der Waals surface area (Å²) < 4.78 is 35.2. The lowest BCUT2D eigenvalue weighted by atomic mass is 9.80. The zero-order chi connectivity index (χ0) is 25.7. The second kappa shape index (κ2) is 9.63. The summed E-state index contributed by atoms with van der Waals surface area (Å²) in [5.41, 5.74) is 0.946. The maximum atomic E-state index is 13.9. The lowest BCUT2D eigenvalue weighted by molar-refractivity contribution is 0.0988. The lowest BCUT2D eigenvalue weighted by Crippen LogP contribution is -2.37. The number of aromatic nitrogens is 4. The molecule has 37 heavy (non-hydrogen) atoms. The van der Waals surface area contributed by atoms with Crippen molar-refractivity contribution in [3.63, 3.8) is 0 Å². The monoisotopic (exact) mass is 510 g/mol. The van der Waals surface area contributed by atoms with Crippen molar-refractivity contribution in [2.45, 2.75) is 70.6 Å². The quantitative estimate of drug-likeness (QED) is 0.479. The third-order valence-corrected chi connectivity index (χ3v) is 8.28. The summed E-state index contributed by atoms with van der Waals surface area (Å²) in [5.74, 6) is 1.53. The first-order chi connectivity index (χ1) is 17.9. The molecule has 2 saturated heterocycles. The third kappa shape index (κ3) is 4.56. The molecule has 0 radical (unpaired) electrons. The molecule has 3 fully saturated rings. The van der Waals surface area contributed by atoms with Crippen molar-refractivity contribution >= 4 is 28.4 Å². The molecule has 3 aromatic heterocycles. The van der Waals surface area contributed by atoms with Crippen LogP contribution in [0.3, 0.4) is 0 Å². The number of alkyl halides is 2. The van der Waals surface area contributed by atoms with Crippen LogP contribution in [0.25, 0.3) is 11.0 Å². The van der Waals surface area contributed by atoms with E-state index in [0.29, 0.717) is 29.5 Å². The van der Waals surface area contributed by atoms with E-state index in [1.807, 2.05) is 12.1 Å². The molecule has 6 rings (SSSR count). The Morgan fingerprint density at radius 3 is 2.62 bits per heavy atom. The topological polar surface area (TPSA) is 85.2 Å². The van der Waals surface area contributed by atoms with Crippen LogP contribution in [0.4, 0.5) is 20.3 Å². The molecule has 196 valence electrons. The Bertz CT molecular complexity index is 1300. The molecule has 0 spiro atoms. The summed E-state index contributed by atoms with van der Waals surface area (Å²) in [6.07, 6.45) is 5.37. The van der Waals surface area contributed by atoms with Gasteiger partial charge in [-0.05, 0) is 62.1 Å². The second-order valence-electron chi connectivity index (χ2n) is 10.9. The van der Waals surface area contributed by atoms with Crippen LogP contribution in [-0.2, 0) is 4.74 Å². The fraction of sp³-hybridized carbons (Fsp3) is 0.556. The number of halogens is 2. The molecule has 5 heterocycles. The number of carbonyl (C=O) groups is 1. The van der Waals surface area contributed by atoms with Crippen molar-refractivity contribution in [2.24, 2.45) is 11.8 Å². The minimum absolute atomic E-state index is 0.0427. The van der Waals surface area contributed by atoms with Gasteiger partial charge in [0.15, 0.2) is 5.69 Å². The van der Waals surface area contributed by atoms with Crippen LogP contribution in [0.15, 0.2) is 30.6 Å². The number of fused-ring (bicyclic) bond motifs is 3. The first-order valence-electron chi connectivity index (χ1n) is 13.2. The number of amides is 1. The molecule has 0 aromatic carbocycles. The summed E-state index contributed by atoms with van der Waals surface area (Å²) in [6.45, 7) is 5.89. The van der Waals surface area contributed by atoms with Gasteiger partial charge in [0.05, 0.1) is 41.6 Å². The largest absolute Gasteiger partial charge is 0.374 e. The average molecular weight is 511 g/mol. The average Bonchev–Trinajstić information content (AvgIpc) is 3.64. The predicted octanol–water partition coefficient (Wildman–Crippen LogP) is 5.38. The molecule has 1 saturated carbocycles. The number of hydrogen-bond donors (Lipinski definition) is 1. The molecule has 0 unspecified atom stereocenters. The van der Waals surface area contributed by atoms with E-state index in [-0.39, 0.29) is 29.4 Å². The van der Waals surface area contributed by atoms with Gasteiger partial charge in [0.2, 0.25) is 0 Å².